The van der Waals surface area contributed by atoms with Crippen molar-refractivity contribution in [1.29, 1.82) is 0 Å². The van der Waals surface area contributed by atoms with Gasteiger partial charge in [0.2, 0.25) is 0 Å². The number of carbonyl (C=O) groups is 1. The number of hydrogen-bond acceptors (Lipinski definition) is 1. The van der Waals surface area contributed by atoms with E-state index >= 15 is 0 Å². The van der Waals surface area contributed by atoms with E-state index < -0.39 is 0 Å². The minimum absolute atomic E-state index is 0.364. The number of alkyl halides is 1. The van der Waals surface area contributed by atoms with Crippen LogP contribution >= 0.6 is 11.6 Å². The van der Waals surface area contributed by atoms with E-state index in [0.29, 0.717) is 27.9 Å². The van der Waals surface area contributed by atoms with Crippen molar-refractivity contribution in [2.24, 2.45) is 58.2 Å². The third-order valence-electron chi connectivity index (χ3n) is 11.3. The highest BCUT2D eigenvalue weighted by atomic mass is 35.5. The molecule has 0 aromatic heterocycles. The predicted octanol–water partition coefficient (Wildman–Crippen LogP) is 7.75. The number of carbonyl (C=O) groups excluding carboxylic acids is 1. The number of Topliss-reactive ketones (excluding diaryl/α,β-unsaturated/α-hetero) is 1. The maximum Gasteiger partial charge on any atom is 0.129 e. The molecule has 0 aromatic rings. The average Bonchev–Trinajstić information content (AvgIpc) is 3.01. The summed E-state index contributed by atoms with van der Waals surface area (Å²) in [5, 5.41) is 0.418. The highest BCUT2D eigenvalue weighted by molar-refractivity contribution is 6.20. The van der Waals surface area contributed by atoms with Gasteiger partial charge in [-0.25, -0.2) is 0 Å². The summed E-state index contributed by atoms with van der Waals surface area (Å²) in [5.74, 6) is 7.06. The van der Waals surface area contributed by atoms with Gasteiger partial charge in [0, 0.05) is 11.8 Å². The number of rotatable bonds is 4. The Morgan fingerprint density at radius 1 is 1.07 bits per heavy atom. The predicted molar refractivity (Wildman–Crippen MR) is 123 cm³/mol. The molecule has 166 valence electrons. The number of ketones is 1. The van der Waals surface area contributed by atoms with E-state index in [0.717, 1.165) is 54.3 Å². The van der Waals surface area contributed by atoms with Gasteiger partial charge in [0.1, 0.15) is 5.78 Å². The third-order valence-corrected chi connectivity index (χ3v) is 11.6. The summed E-state index contributed by atoms with van der Waals surface area (Å²) >= 11 is 6.64. The van der Waals surface area contributed by atoms with Gasteiger partial charge >= 0.3 is 0 Å². The standard InChI is InChI=1S/C27H45ClO/c1-16(7-8-19(4)29)22-9-10-23-25-17(2)13-20-15-21(28)11-12-26(20,5)24(25)14-18(3)27(22,23)6/h16-18,20-25H,7-15H2,1-6H3. The monoisotopic (exact) mass is 420 g/mol. The summed E-state index contributed by atoms with van der Waals surface area (Å²) in [5.41, 5.74) is 0.995. The number of hydrogen-bond donors (Lipinski definition) is 0. The lowest BCUT2D eigenvalue weighted by Crippen LogP contribution is -2.58. The van der Waals surface area contributed by atoms with Crippen LogP contribution in [0.15, 0.2) is 0 Å². The van der Waals surface area contributed by atoms with Gasteiger partial charge in [-0.15, -0.1) is 11.6 Å². The Kier molecular flexibility index (Phi) is 5.98. The van der Waals surface area contributed by atoms with Crippen LogP contribution in [0, 0.1) is 58.2 Å². The quantitative estimate of drug-likeness (QED) is 0.424. The Bertz CT molecular complexity index is 630. The van der Waals surface area contributed by atoms with Crippen molar-refractivity contribution in [2.45, 2.75) is 105 Å². The topological polar surface area (TPSA) is 17.1 Å². The van der Waals surface area contributed by atoms with E-state index in [1.165, 1.54) is 44.9 Å². The van der Waals surface area contributed by atoms with Gasteiger partial charge in [0.15, 0.2) is 0 Å². The fraction of sp³-hybridized carbons (Fsp3) is 0.963. The minimum Gasteiger partial charge on any atom is -0.300 e. The van der Waals surface area contributed by atoms with E-state index in [-0.39, 0.29) is 0 Å². The molecule has 0 spiro atoms. The lowest BCUT2D eigenvalue weighted by atomic mass is 9.40. The second kappa shape index (κ2) is 7.83. The molecule has 4 aliphatic carbocycles. The van der Waals surface area contributed by atoms with Crippen molar-refractivity contribution < 1.29 is 4.79 Å². The normalized spacial score (nSPS) is 52.9. The summed E-state index contributed by atoms with van der Waals surface area (Å²) in [6.07, 6.45) is 11.4. The molecule has 11 atom stereocenters. The molecule has 4 rings (SSSR count). The van der Waals surface area contributed by atoms with Gasteiger partial charge in [-0.05, 0) is 116 Å². The number of fused-ring (bicyclic) bond motifs is 5. The first kappa shape index (κ1) is 22.2. The van der Waals surface area contributed by atoms with E-state index in [4.69, 9.17) is 11.6 Å². The van der Waals surface area contributed by atoms with Crippen LogP contribution in [0.1, 0.15) is 99.3 Å². The fourth-order valence-electron chi connectivity index (χ4n) is 9.53. The lowest BCUT2D eigenvalue weighted by molar-refractivity contribution is -0.158. The van der Waals surface area contributed by atoms with Gasteiger partial charge in [-0.1, -0.05) is 34.6 Å². The summed E-state index contributed by atoms with van der Waals surface area (Å²) < 4.78 is 0. The molecule has 11 unspecified atom stereocenters. The lowest BCUT2D eigenvalue weighted by Gasteiger charge is -2.64. The molecule has 2 heteroatoms. The van der Waals surface area contributed by atoms with Gasteiger partial charge in [0.05, 0.1) is 0 Å². The maximum absolute atomic E-state index is 11.6. The minimum atomic E-state index is 0.364. The van der Waals surface area contributed by atoms with Crippen LogP contribution < -0.4 is 0 Å². The number of halogens is 1. The van der Waals surface area contributed by atoms with Crippen molar-refractivity contribution in [1.82, 2.24) is 0 Å². The van der Waals surface area contributed by atoms with Crippen LogP contribution in [-0.4, -0.2) is 11.2 Å². The van der Waals surface area contributed by atoms with Crippen LogP contribution in [-0.2, 0) is 4.79 Å². The van der Waals surface area contributed by atoms with Crippen LogP contribution in [0.5, 0.6) is 0 Å². The first-order valence-corrected chi connectivity index (χ1v) is 13.2. The molecule has 0 bridgehead atoms. The van der Waals surface area contributed by atoms with Crippen LogP contribution in [0.3, 0.4) is 0 Å². The van der Waals surface area contributed by atoms with E-state index in [1.807, 2.05) is 0 Å². The molecule has 0 amide bonds. The van der Waals surface area contributed by atoms with Gasteiger partial charge in [-0.2, -0.15) is 0 Å². The summed E-state index contributed by atoms with van der Waals surface area (Å²) in [6.45, 7) is 14.7. The van der Waals surface area contributed by atoms with Crippen LogP contribution in [0.4, 0.5) is 0 Å². The highest BCUT2D eigenvalue weighted by Crippen LogP contribution is 2.71. The molecule has 0 N–H and O–H groups in total. The van der Waals surface area contributed by atoms with Crippen molar-refractivity contribution in [3.63, 3.8) is 0 Å². The highest BCUT2D eigenvalue weighted by Gasteiger charge is 2.64. The van der Waals surface area contributed by atoms with Gasteiger partial charge in [-0.3, -0.25) is 0 Å². The molecule has 1 nitrogen and oxygen atoms in total. The van der Waals surface area contributed by atoms with Crippen molar-refractivity contribution >= 4 is 17.4 Å². The Morgan fingerprint density at radius 2 is 1.79 bits per heavy atom. The Labute approximate surface area is 185 Å². The molecule has 4 fully saturated rings. The maximum atomic E-state index is 11.6. The SMILES string of the molecule is CC(=O)CCC(C)C1CCC2C3C(C)CC4CC(Cl)CCC4(C)C3CC(C)C12C. The molecule has 0 radical (unpaired) electrons. The first-order chi connectivity index (χ1) is 13.6. The first-order valence-electron chi connectivity index (χ1n) is 12.7. The van der Waals surface area contributed by atoms with Crippen LogP contribution in [0.2, 0.25) is 0 Å². The Balaban J connectivity index is 1.61. The Morgan fingerprint density at radius 3 is 2.48 bits per heavy atom. The zero-order valence-corrected chi connectivity index (χ0v) is 20.6. The molecule has 29 heavy (non-hydrogen) atoms. The summed E-state index contributed by atoms with van der Waals surface area (Å²) in [7, 11) is 0. The molecule has 0 saturated heterocycles. The zero-order valence-electron chi connectivity index (χ0n) is 19.8. The van der Waals surface area contributed by atoms with Crippen molar-refractivity contribution in [3.05, 3.63) is 0 Å². The molecule has 0 aliphatic heterocycles. The second-order valence-electron chi connectivity index (χ2n) is 12.5. The Hall–Kier alpha value is -0.0400. The fourth-order valence-corrected chi connectivity index (χ4v) is 9.85. The average molecular weight is 421 g/mol. The van der Waals surface area contributed by atoms with E-state index in [1.54, 1.807) is 6.92 Å². The second-order valence-corrected chi connectivity index (χ2v) is 13.1. The molecular weight excluding hydrogens is 376 g/mol. The van der Waals surface area contributed by atoms with E-state index in [9.17, 15) is 4.79 Å². The summed E-state index contributed by atoms with van der Waals surface area (Å²) in [6, 6.07) is 0. The molecule has 4 aliphatic rings. The third kappa shape index (κ3) is 3.44. The molecular formula is C27H45ClO. The van der Waals surface area contributed by atoms with E-state index in [2.05, 4.69) is 34.6 Å². The smallest absolute Gasteiger partial charge is 0.129 e. The summed E-state index contributed by atoms with van der Waals surface area (Å²) in [4.78, 5) is 11.6. The zero-order chi connectivity index (χ0) is 21.1. The molecule has 0 aromatic carbocycles. The van der Waals surface area contributed by atoms with Crippen molar-refractivity contribution in [3.8, 4) is 0 Å². The van der Waals surface area contributed by atoms with Crippen molar-refractivity contribution in [2.75, 3.05) is 0 Å². The van der Waals surface area contributed by atoms with Crippen LogP contribution in [0.25, 0.3) is 0 Å². The van der Waals surface area contributed by atoms with Gasteiger partial charge in [0.25, 0.3) is 0 Å². The molecule has 0 heterocycles. The van der Waals surface area contributed by atoms with Gasteiger partial charge < -0.3 is 4.79 Å². The largest absolute Gasteiger partial charge is 0.300 e. The molecule has 4 saturated carbocycles.